The van der Waals surface area contributed by atoms with Crippen LogP contribution in [0.4, 0.5) is 4.39 Å². The Morgan fingerprint density at radius 2 is 1.83 bits per heavy atom. The smallest absolute Gasteiger partial charge is 0.423 e. The summed E-state index contributed by atoms with van der Waals surface area (Å²) in [6.07, 6.45) is 2.29. The first-order chi connectivity index (χ1) is 10.6. The number of rotatable bonds is 6. The third-order valence-corrected chi connectivity index (χ3v) is 4.85. The van der Waals surface area contributed by atoms with Crippen LogP contribution in [-0.2, 0) is 11.2 Å². The van der Waals surface area contributed by atoms with Crippen LogP contribution in [0, 0.1) is 5.82 Å². The Kier molecular flexibility index (Phi) is 5.51. The van der Waals surface area contributed by atoms with Gasteiger partial charge in [0.05, 0.1) is 11.2 Å². The molecule has 0 aliphatic carbocycles. The van der Waals surface area contributed by atoms with Gasteiger partial charge in [0.2, 0.25) is 0 Å². The summed E-state index contributed by atoms with van der Waals surface area (Å²) in [6, 6.07) is 4.99. The molecule has 23 heavy (non-hydrogen) atoms. The average molecular weight is 323 g/mol. The maximum absolute atomic E-state index is 14.7. The standard InChI is InChI=1S/C17H27BFNO3/c1-16(2,21)17(3,4)23-18(22)14-9-7-8-13(15(14)19)12-20-10-5-6-11-20/h7-9,21-22H,5-6,10-12H2,1-4H3. The molecule has 2 N–H and O–H groups in total. The van der Waals surface area contributed by atoms with E-state index in [-0.39, 0.29) is 5.46 Å². The summed E-state index contributed by atoms with van der Waals surface area (Å²) < 4.78 is 20.3. The van der Waals surface area contributed by atoms with Gasteiger partial charge in [-0.1, -0.05) is 18.2 Å². The van der Waals surface area contributed by atoms with Crippen LogP contribution >= 0.6 is 0 Å². The van der Waals surface area contributed by atoms with Gasteiger partial charge in [-0.25, -0.2) is 4.39 Å². The molecule has 0 unspecified atom stereocenters. The molecule has 0 atom stereocenters. The van der Waals surface area contributed by atoms with Crippen LogP contribution < -0.4 is 5.46 Å². The van der Waals surface area contributed by atoms with E-state index in [2.05, 4.69) is 4.90 Å². The molecule has 1 saturated heterocycles. The van der Waals surface area contributed by atoms with Gasteiger partial charge in [-0.15, -0.1) is 0 Å². The first-order valence-electron chi connectivity index (χ1n) is 8.20. The molecule has 1 aromatic rings. The fourth-order valence-corrected chi connectivity index (χ4v) is 2.58. The van der Waals surface area contributed by atoms with Gasteiger partial charge in [0, 0.05) is 17.6 Å². The predicted octanol–water partition coefficient (Wildman–Crippen LogP) is 1.68. The third kappa shape index (κ3) is 4.32. The second-order valence-electron chi connectivity index (χ2n) is 7.34. The van der Waals surface area contributed by atoms with Gasteiger partial charge in [0.1, 0.15) is 5.82 Å². The maximum Gasteiger partial charge on any atom is 0.494 e. The van der Waals surface area contributed by atoms with Crippen LogP contribution in [0.15, 0.2) is 18.2 Å². The van der Waals surface area contributed by atoms with Crippen LogP contribution in [-0.4, -0.2) is 46.4 Å². The molecule has 0 amide bonds. The highest BCUT2D eigenvalue weighted by Gasteiger charge is 2.40. The van der Waals surface area contributed by atoms with Gasteiger partial charge in [0.15, 0.2) is 0 Å². The lowest BCUT2D eigenvalue weighted by Crippen LogP contribution is -2.53. The average Bonchev–Trinajstić information content (AvgIpc) is 2.92. The van der Waals surface area contributed by atoms with Gasteiger partial charge >= 0.3 is 7.12 Å². The first kappa shape index (κ1) is 18.4. The summed E-state index contributed by atoms with van der Waals surface area (Å²) in [5.74, 6) is -0.432. The quantitative estimate of drug-likeness (QED) is 0.782. The molecule has 0 bridgehead atoms. The van der Waals surface area contributed by atoms with E-state index < -0.39 is 24.1 Å². The van der Waals surface area contributed by atoms with E-state index in [0.717, 1.165) is 25.9 Å². The molecular formula is C17H27BFNO3. The second-order valence-corrected chi connectivity index (χ2v) is 7.34. The Balaban J connectivity index is 2.15. The topological polar surface area (TPSA) is 52.9 Å². The Morgan fingerprint density at radius 3 is 2.39 bits per heavy atom. The zero-order chi connectivity index (χ0) is 17.3. The first-order valence-corrected chi connectivity index (χ1v) is 8.20. The molecule has 6 heteroatoms. The van der Waals surface area contributed by atoms with E-state index >= 15 is 0 Å². The largest absolute Gasteiger partial charge is 0.494 e. The molecule has 0 aromatic heterocycles. The summed E-state index contributed by atoms with van der Waals surface area (Å²) in [5, 5.41) is 20.4. The number of hydrogen-bond donors (Lipinski definition) is 2. The van der Waals surface area contributed by atoms with E-state index in [1.807, 2.05) is 0 Å². The molecule has 4 nitrogen and oxygen atoms in total. The van der Waals surface area contributed by atoms with Crippen LogP contribution in [0.2, 0.25) is 0 Å². The summed E-state index contributed by atoms with van der Waals surface area (Å²) in [6.45, 7) is 9.04. The molecule has 1 aromatic carbocycles. The number of aliphatic hydroxyl groups is 1. The Morgan fingerprint density at radius 1 is 1.22 bits per heavy atom. The van der Waals surface area contributed by atoms with E-state index in [1.54, 1.807) is 39.8 Å². The molecule has 0 radical (unpaired) electrons. The van der Waals surface area contributed by atoms with Crippen LogP contribution in [0.1, 0.15) is 46.1 Å². The molecule has 2 rings (SSSR count). The zero-order valence-electron chi connectivity index (χ0n) is 14.5. The zero-order valence-corrected chi connectivity index (χ0v) is 14.5. The summed E-state index contributed by atoms with van der Waals surface area (Å²) in [7, 11) is -1.42. The highest BCUT2D eigenvalue weighted by Crippen LogP contribution is 2.25. The molecular weight excluding hydrogens is 296 g/mol. The summed E-state index contributed by atoms with van der Waals surface area (Å²) in [5.41, 5.74) is -1.52. The molecule has 128 valence electrons. The minimum atomic E-state index is -1.42. The van der Waals surface area contributed by atoms with Crippen molar-refractivity contribution in [3.8, 4) is 0 Å². The van der Waals surface area contributed by atoms with Crippen LogP contribution in [0.25, 0.3) is 0 Å². The lowest BCUT2D eigenvalue weighted by atomic mass is 9.75. The number of halogens is 1. The van der Waals surface area contributed by atoms with Crippen LogP contribution in [0.3, 0.4) is 0 Å². The fraction of sp³-hybridized carbons (Fsp3) is 0.647. The number of hydrogen-bond acceptors (Lipinski definition) is 4. The van der Waals surface area contributed by atoms with Crippen molar-refractivity contribution in [3.05, 3.63) is 29.6 Å². The van der Waals surface area contributed by atoms with Gasteiger partial charge in [-0.3, -0.25) is 4.90 Å². The molecule has 0 saturated carbocycles. The second kappa shape index (κ2) is 6.89. The highest BCUT2D eigenvalue weighted by molar-refractivity contribution is 6.60. The van der Waals surface area contributed by atoms with E-state index in [4.69, 9.17) is 4.65 Å². The van der Waals surface area contributed by atoms with Crippen molar-refractivity contribution in [2.24, 2.45) is 0 Å². The molecule has 1 aliphatic rings. The van der Waals surface area contributed by atoms with Crippen molar-refractivity contribution in [2.75, 3.05) is 13.1 Å². The Bertz CT molecular complexity index is 539. The van der Waals surface area contributed by atoms with Crippen LogP contribution in [0.5, 0.6) is 0 Å². The molecule has 1 heterocycles. The van der Waals surface area contributed by atoms with Gasteiger partial charge in [0.25, 0.3) is 0 Å². The summed E-state index contributed by atoms with van der Waals surface area (Å²) in [4.78, 5) is 2.20. The normalized spacial score (nSPS) is 16.8. The van der Waals surface area contributed by atoms with Gasteiger partial charge in [-0.2, -0.15) is 0 Å². The lowest BCUT2D eigenvalue weighted by Gasteiger charge is -2.38. The van der Waals surface area contributed by atoms with E-state index in [9.17, 15) is 14.5 Å². The maximum atomic E-state index is 14.7. The van der Waals surface area contributed by atoms with Crippen molar-refractivity contribution in [2.45, 2.75) is 58.3 Å². The number of benzene rings is 1. The number of likely N-dealkylation sites (tertiary alicyclic amines) is 1. The van der Waals surface area contributed by atoms with Crippen molar-refractivity contribution in [1.29, 1.82) is 0 Å². The molecule has 0 spiro atoms. The van der Waals surface area contributed by atoms with Gasteiger partial charge < -0.3 is 14.8 Å². The third-order valence-electron chi connectivity index (χ3n) is 4.85. The van der Waals surface area contributed by atoms with Crippen molar-refractivity contribution in [1.82, 2.24) is 4.90 Å². The van der Waals surface area contributed by atoms with E-state index in [1.165, 1.54) is 6.07 Å². The highest BCUT2D eigenvalue weighted by atomic mass is 19.1. The van der Waals surface area contributed by atoms with Gasteiger partial charge in [-0.05, 0) is 53.6 Å². The molecule has 1 aliphatic heterocycles. The fourth-order valence-electron chi connectivity index (χ4n) is 2.58. The van der Waals surface area contributed by atoms with E-state index in [0.29, 0.717) is 12.1 Å². The van der Waals surface area contributed by atoms with Crippen molar-refractivity contribution < 1.29 is 19.2 Å². The minimum absolute atomic E-state index is 0.110. The summed E-state index contributed by atoms with van der Waals surface area (Å²) >= 11 is 0. The lowest BCUT2D eigenvalue weighted by molar-refractivity contribution is -0.0983. The number of nitrogens with zero attached hydrogens (tertiary/aromatic N) is 1. The predicted molar refractivity (Wildman–Crippen MR) is 90.0 cm³/mol. The van der Waals surface area contributed by atoms with Crippen molar-refractivity contribution in [3.63, 3.8) is 0 Å². The minimum Gasteiger partial charge on any atom is -0.423 e. The Hall–Kier alpha value is -0.945. The molecule has 1 fully saturated rings. The monoisotopic (exact) mass is 323 g/mol. The SMILES string of the molecule is CC(C)(O)C(C)(C)OB(O)c1cccc(CN2CCCC2)c1F. The Labute approximate surface area is 138 Å². The van der Waals surface area contributed by atoms with Crippen molar-refractivity contribution >= 4 is 12.6 Å².